The third-order valence-electron chi connectivity index (χ3n) is 4.87. The number of ether oxygens (including phenoxy) is 2. The summed E-state index contributed by atoms with van der Waals surface area (Å²) in [6.07, 6.45) is 3.86. The molecule has 0 spiro atoms. The van der Waals surface area contributed by atoms with E-state index < -0.39 is 15.4 Å². The van der Waals surface area contributed by atoms with E-state index in [9.17, 15) is 8.42 Å². The van der Waals surface area contributed by atoms with Gasteiger partial charge >= 0.3 is 0 Å². The van der Waals surface area contributed by atoms with Crippen molar-refractivity contribution < 1.29 is 22.4 Å². The molecule has 4 rings (SSSR count). The molecule has 2 N–H and O–H groups in total. The Bertz CT molecular complexity index is 903. The Morgan fingerprint density at radius 2 is 1.85 bits per heavy atom. The third kappa shape index (κ3) is 3.28. The largest absolute Gasteiger partial charge is 0.486 e. The summed E-state index contributed by atoms with van der Waals surface area (Å²) in [6, 6.07) is 4.64. The van der Waals surface area contributed by atoms with Crippen LogP contribution in [0.5, 0.6) is 11.5 Å². The Labute approximate surface area is 151 Å². The van der Waals surface area contributed by atoms with Gasteiger partial charge in [-0.05, 0) is 25.0 Å². The highest BCUT2D eigenvalue weighted by atomic mass is 32.2. The van der Waals surface area contributed by atoms with Gasteiger partial charge in [-0.15, -0.1) is 0 Å². The van der Waals surface area contributed by atoms with E-state index in [4.69, 9.17) is 19.7 Å². The molecule has 0 unspecified atom stereocenters. The number of fused-ring (bicyclic) bond motifs is 1. The van der Waals surface area contributed by atoms with E-state index in [2.05, 4.69) is 10.1 Å². The highest BCUT2D eigenvalue weighted by Gasteiger charge is 2.36. The second-order valence-corrected chi connectivity index (χ2v) is 8.86. The van der Waals surface area contributed by atoms with Crippen LogP contribution in [0.3, 0.4) is 0 Å². The van der Waals surface area contributed by atoms with Crippen molar-refractivity contribution in [1.29, 1.82) is 0 Å². The molecule has 2 aromatic rings. The molecule has 0 atom stereocenters. The first kappa shape index (κ1) is 17.3. The molecule has 1 aliphatic carbocycles. The van der Waals surface area contributed by atoms with E-state index in [-0.39, 0.29) is 23.0 Å². The smallest absolute Gasteiger partial charge is 0.227 e. The van der Waals surface area contributed by atoms with Crippen LogP contribution in [-0.4, -0.2) is 37.5 Å². The van der Waals surface area contributed by atoms with Gasteiger partial charge in [0.05, 0.1) is 16.2 Å². The summed E-state index contributed by atoms with van der Waals surface area (Å²) in [5.74, 6) is 1.64. The van der Waals surface area contributed by atoms with Crippen LogP contribution in [0.15, 0.2) is 27.6 Å². The van der Waals surface area contributed by atoms with Crippen molar-refractivity contribution in [3.8, 4) is 11.5 Å². The van der Waals surface area contributed by atoms with Crippen molar-refractivity contribution in [2.24, 2.45) is 5.73 Å². The van der Waals surface area contributed by atoms with Crippen LogP contribution in [0.2, 0.25) is 0 Å². The zero-order valence-electron chi connectivity index (χ0n) is 14.3. The molecule has 0 amide bonds. The maximum absolute atomic E-state index is 12.6. The fraction of sp³-hybridized carbons (Fsp3) is 0.529. The first-order valence-electron chi connectivity index (χ1n) is 8.71. The average molecular weight is 379 g/mol. The van der Waals surface area contributed by atoms with Crippen LogP contribution >= 0.6 is 0 Å². The zero-order chi connectivity index (χ0) is 18.2. The van der Waals surface area contributed by atoms with Gasteiger partial charge in [0.1, 0.15) is 13.2 Å². The van der Waals surface area contributed by atoms with Gasteiger partial charge < -0.3 is 19.7 Å². The van der Waals surface area contributed by atoms with Crippen LogP contribution in [-0.2, 0) is 21.8 Å². The maximum Gasteiger partial charge on any atom is 0.227 e. The molecule has 0 saturated heterocycles. The minimum Gasteiger partial charge on any atom is -0.486 e. The molecule has 0 radical (unpaired) electrons. The topological polar surface area (TPSA) is 118 Å². The number of nitrogens with two attached hydrogens (primary N) is 1. The van der Waals surface area contributed by atoms with E-state index >= 15 is 0 Å². The maximum atomic E-state index is 12.6. The summed E-state index contributed by atoms with van der Waals surface area (Å²) in [4.78, 5) is 4.51. The number of aromatic nitrogens is 2. The molecule has 8 nitrogen and oxygen atoms in total. The zero-order valence-corrected chi connectivity index (χ0v) is 15.1. The van der Waals surface area contributed by atoms with Crippen molar-refractivity contribution in [1.82, 2.24) is 10.1 Å². The number of hydrogen-bond donors (Lipinski definition) is 1. The van der Waals surface area contributed by atoms with E-state index in [0.717, 1.165) is 25.7 Å². The molecule has 26 heavy (non-hydrogen) atoms. The molecule has 1 saturated carbocycles. The second-order valence-electron chi connectivity index (χ2n) is 6.75. The molecule has 0 bridgehead atoms. The molecule has 2 heterocycles. The minimum absolute atomic E-state index is 0.133. The van der Waals surface area contributed by atoms with E-state index in [1.807, 2.05) is 0 Å². The lowest BCUT2D eigenvalue weighted by atomic mass is 9.99. The molecule has 1 aliphatic heterocycles. The second kappa shape index (κ2) is 6.55. The number of rotatable bonds is 5. The van der Waals surface area contributed by atoms with Crippen LogP contribution in [0.4, 0.5) is 0 Å². The number of nitrogens with zero attached hydrogens (tertiary/aromatic N) is 2. The fourth-order valence-corrected chi connectivity index (χ4v) is 4.59. The fourth-order valence-electron chi connectivity index (χ4n) is 3.34. The SMILES string of the molecule is NC1(c2noc(CCS(=O)(=O)c3ccc4c(c3)OCCO4)n2)CCCC1. The predicted molar refractivity (Wildman–Crippen MR) is 91.8 cm³/mol. The number of hydrogen-bond acceptors (Lipinski definition) is 8. The molecule has 1 fully saturated rings. The van der Waals surface area contributed by atoms with Crippen molar-refractivity contribution in [2.45, 2.75) is 42.5 Å². The lowest BCUT2D eigenvalue weighted by Crippen LogP contribution is -2.34. The van der Waals surface area contributed by atoms with Crippen LogP contribution in [0.25, 0.3) is 0 Å². The normalized spacial score (nSPS) is 18.8. The van der Waals surface area contributed by atoms with Gasteiger partial charge in [-0.25, -0.2) is 8.42 Å². The van der Waals surface area contributed by atoms with Crippen LogP contribution in [0, 0.1) is 0 Å². The Kier molecular flexibility index (Phi) is 4.36. The van der Waals surface area contributed by atoms with E-state index in [1.54, 1.807) is 6.07 Å². The number of aryl methyl sites for hydroxylation is 1. The highest BCUT2D eigenvalue weighted by Crippen LogP contribution is 2.35. The Morgan fingerprint density at radius 1 is 1.12 bits per heavy atom. The molecular weight excluding hydrogens is 358 g/mol. The summed E-state index contributed by atoms with van der Waals surface area (Å²) >= 11 is 0. The van der Waals surface area contributed by atoms with Gasteiger partial charge in [-0.3, -0.25) is 0 Å². The first-order valence-corrected chi connectivity index (χ1v) is 10.4. The summed E-state index contributed by atoms with van der Waals surface area (Å²) in [5.41, 5.74) is 5.76. The number of benzene rings is 1. The van der Waals surface area contributed by atoms with Crippen molar-refractivity contribution in [3.63, 3.8) is 0 Å². The van der Waals surface area contributed by atoms with Gasteiger partial charge in [0.15, 0.2) is 27.2 Å². The standard InChI is InChI=1S/C17H21N3O5S/c18-17(6-1-2-7-17)16-19-15(25-20-16)5-10-26(21,22)12-3-4-13-14(11-12)24-9-8-23-13/h3-4,11H,1-2,5-10,18H2. The molecule has 2 aliphatic rings. The van der Waals surface area contributed by atoms with Crippen molar-refractivity contribution in [3.05, 3.63) is 29.9 Å². The van der Waals surface area contributed by atoms with Crippen molar-refractivity contribution in [2.75, 3.05) is 19.0 Å². The molecule has 1 aromatic heterocycles. The van der Waals surface area contributed by atoms with Gasteiger partial charge in [-0.1, -0.05) is 18.0 Å². The molecule has 1 aromatic carbocycles. The van der Waals surface area contributed by atoms with E-state index in [1.165, 1.54) is 12.1 Å². The van der Waals surface area contributed by atoms with Gasteiger partial charge in [-0.2, -0.15) is 4.98 Å². The predicted octanol–water partition coefficient (Wildman–Crippen LogP) is 1.59. The summed E-state index contributed by atoms with van der Waals surface area (Å²) in [6.45, 7) is 0.864. The highest BCUT2D eigenvalue weighted by molar-refractivity contribution is 7.91. The van der Waals surface area contributed by atoms with Crippen molar-refractivity contribution >= 4 is 9.84 Å². The quantitative estimate of drug-likeness (QED) is 0.832. The molecular formula is C17H21N3O5S. The molecule has 9 heteroatoms. The first-order chi connectivity index (χ1) is 12.5. The summed E-state index contributed by atoms with van der Waals surface area (Å²) in [5, 5.41) is 3.96. The van der Waals surface area contributed by atoms with Gasteiger partial charge in [0.2, 0.25) is 5.89 Å². The lowest BCUT2D eigenvalue weighted by molar-refractivity contribution is 0.171. The Balaban J connectivity index is 1.46. The lowest BCUT2D eigenvalue weighted by Gasteiger charge is -2.18. The Hall–Kier alpha value is -2.13. The van der Waals surface area contributed by atoms with Crippen LogP contribution < -0.4 is 15.2 Å². The van der Waals surface area contributed by atoms with E-state index in [0.29, 0.717) is 30.5 Å². The van der Waals surface area contributed by atoms with Crippen LogP contribution in [0.1, 0.15) is 37.4 Å². The summed E-state index contributed by atoms with van der Waals surface area (Å²) in [7, 11) is -3.51. The summed E-state index contributed by atoms with van der Waals surface area (Å²) < 4.78 is 41.3. The van der Waals surface area contributed by atoms with Gasteiger partial charge in [0, 0.05) is 12.5 Å². The third-order valence-corrected chi connectivity index (χ3v) is 6.58. The molecule has 140 valence electrons. The van der Waals surface area contributed by atoms with Gasteiger partial charge in [0.25, 0.3) is 0 Å². The average Bonchev–Trinajstić information content (AvgIpc) is 3.30. The minimum atomic E-state index is -3.51. The number of sulfone groups is 1. The monoisotopic (exact) mass is 379 g/mol. The Morgan fingerprint density at radius 3 is 2.62 bits per heavy atom.